The lowest BCUT2D eigenvalue weighted by Gasteiger charge is -2.28. The summed E-state index contributed by atoms with van der Waals surface area (Å²) in [6.07, 6.45) is 7.45. The number of rotatable bonds is 6. The van der Waals surface area contributed by atoms with E-state index >= 15 is 0 Å². The number of carbonyl (C=O) groups excluding carboxylic acids is 1. The Bertz CT molecular complexity index is 486. The van der Waals surface area contributed by atoms with Crippen molar-refractivity contribution in [2.24, 2.45) is 0 Å². The molecule has 0 saturated heterocycles. The topological polar surface area (TPSA) is 45.2 Å². The lowest BCUT2D eigenvalue weighted by atomic mass is 10.1. The highest BCUT2D eigenvalue weighted by molar-refractivity contribution is 9.10. The number of nitrogens with zero attached hydrogens (tertiary/aromatic N) is 2. The summed E-state index contributed by atoms with van der Waals surface area (Å²) < 4.78 is 0.843. The Morgan fingerprint density at radius 2 is 2.14 bits per heavy atom. The largest absolute Gasteiger partial charge is 0.369 e. The Hall–Kier alpha value is -1.10. The first-order chi connectivity index (χ1) is 10.2. The normalized spacial score (nSPS) is 15.2. The van der Waals surface area contributed by atoms with Gasteiger partial charge in [0.15, 0.2) is 0 Å². The highest BCUT2D eigenvalue weighted by Crippen LogP contribution is 2.27. The number of pyridine rings is 1. The molecule has 0 unspecified atom stereocenters. The molecule has 1 aromatic rings. The number of halogens is 1. The predicted octanol–water partition coefficient (Wildman–Crippen LogP) is 4.07. The van der Waals surface area contributed by atoms with E-state index in [0.29, 0.717) is 17.4 Å². The molecule has 0 spiro atoms. The van der Waals surface area contributed by atoms with Gasteiger partial charge in [0.05, 0.1) is 5.56 Å². The van der Waals surface area contributed by atoms with Gasteiger partial charge in [-0.15, -0.1) is 0 Å². The van der Waals surface area contributed by atoms with Crippen molar-refractivity contribution in [1.82, 2.24) is 9.88 Å². The molecule has 116 valence electrons. The molecular weight excluding hydrogens is 330 g/mol. The maximum Gasteiger partial charge on any atom is 0.257 e. The Labute approximate surface area is 135 Å². The van der Waals surface area contributed by atoms with Gasteiger partial charge in [-0.1, -0.05) is 19.8 Å². The minimum atomic E-state index is 0.0943. The number of anilines is 1. The van der Waals surface area contributed by atoms with Crippen LogP contribution >= 0.6 is 15.9 Å². The first kappa shape index (κ1) is 16.3. The number of aromatic nitrogens is 1. The summed E-state index contributed by atoms with van der Waals surface area (Å²) in [6.45, 7) is 5.73. The van der Waals surface area contributed by atoms with Crippen LogP contribution in [0.2, 0.25) is 0 Å². The van der Waals surface area contributed by atoms with Crippen LogP contribution in [0.1, 0.15) is 56.3 Å². The molecule has 0 aliphatic heterocycles. The lowest BCUT2D eigenvalue weighted by Crippen LogP contribution is -2.39. The molecule has 1 aliphatic carbocycles. The highest BCUT2D eigenvalue weighted by Gasteiger charge is 2.27. The van der Waals surface area contributed by atoms with Crippen molar-refractivity contribution in [3.63, 3.8) is 0 Å². The monoisotopic (exact) mass is 353 g/mol. The van der Waals surface area contributed by atoms with E-state index in [1.54, 1.807) is 6.20 Å². The van der Waals surface area contributed by atoms with Gasteiger partial charge in [-0.25, -0.2) is 4.98 Å². The Kier molecular flexibility index (Phi) is 6.03. The quantitative estimate of drug-likeness (QED) is 0.838. The van der Waals surface area contributed by atoms with Gasteiger partial charge in [0.25, 0.3) is 5.91 Å². The fraction of sp³-hybridized carbons (Fsp3) is 0.625. The molecule has 0 atom stereocenters. The van der Waals surface area contributed by atoms with E-state index in [1.165, 1.54) is 12.8 Å². The van der Waals surface area contributed by atoms with Gasteiger partial charge in [0, 0.05) is 29.8 Å². The average molecular weight is 354 g/mol. The third kappa shape index (κ3) is 3.96. The molecule has 0 radical (unpaired) electrons. The molecule has 21 heavy (non-hydrogen) atoms. The molecule has 1 aromatic heterocycles. The van der Waals surface area contributed by atoms with E-state index in [0.717, 1.165) is 36.8 Å². The summed E-state index contributed by atoms with van der Waals surface area (Å²) in [5.74, 6) is 0.790. The predicted molar refractivity (Wildman–Crippen MR) is 89.7 cm³/mol. The molecule has 1 aliphatic rings. The molecule has 0 aromatic carbocycles. The van der Waals surface area contributed by atoms with Gasteiger partial charge in [0.1, 0.15) is 5.82 Å². The third-order valence-electron chi connectivity index (χ3n) is 3.99. The van der Waals surface area contributed by atoms with Crippen LogP contribution in [0, 0.1) is 0 Å². The Morgan fingerprint density at radius 3 is 2.76 bits per heavy atom. The Morgan fingerprint density at radius 1 is 1.43 bits per heavy atom. The van der Waals surface area contributed by atoms with Crippen molar-refractivity contribution >= 4 is 27.7 Å². The second-order valence-electron chi connectivity index (χ2n) is 5.51. The molecule has 4 nitrogen and oxygen atoms in total. The molecule has 5 heteroatoms. The molecule has 1 saturated carbocycles. The summed E-state index contributed by atoms with van der Waals surface area (Å²) in [5, 5.41) is 3.26. The number of hydrogen-bond acceptors (Lipinski definition) is 3. The number of nitrogens with one attached hydrogen (secondary N) is 1. The van der Waals surface area contributed by atoms with E-state index in [2.05, 4.69) is 40.1 Å². The van der Waals surface area contributed by atoms with E-state index in [-0.39, 0.29) is 5.91 Å². The maximum atomic E-state index is 12.9. The summed E-state index contributed by atoms with van der Waals surface area (Å²) in [5.41, 5.74) is 0.673. The first-order valence-electron chi connectivity index (χ1n) is 7.87. The van der Waals surface area contributed by atoms with Gasteiger partial charge in [-0.3, -0.25) is 4.79 Å². The summed E-state index contributed by atoms with van der Waals surface area (Å²) in [4.78, 5) is 19.3. The second-order valence-corrected chi connectivity index (χ2v) is 6.42. The molecule has 1 N–H and O–H groups in total. The summed E-state index contributed by atoms with van der Waals surface area (Å²) >= 11 is 3.43. The third-order valence-corrected chi connectivity index (χ3v) is 4.43. The van der Waals surface area contributed by atoms with Crippen LogP contribution < -0.4 is 5.32 Å². The lowest BCUT2D eigenvalue weighted by molar-refractivity contribution is 0.0694. The van der Waals surface area contributed by atoms with Crippen LogP contribution in [0.25, 0.3) is 0 Å². The van der Waals surface area contributed by atoms with Gasteiger partial charge >= 0.3 is 0 Å². The van der Waals surface area contributed by atoms with Gasteiger partial charge in [-0.2, -0.15) is 0 Å². The molecule has 0 bridgehead atoms. The van der Waals surface area contributed by atoms with Crippen molar-refractivity contribution in [2.75, 3.05) is 18.4 Å². The fourth-order valence-electron chi connectivity index (χ4n) is 2.92. The van der Waals surface area contributed by atoms with Crippen LogP contribution in [-0.4, -0.2) is 34.9 Å². The SMILES string of the molecule is CCCNc1ncc(Br)cc1C(=O)N(CC)C1CCCC1. The van der Waals surface area contributed by atoms with Crippen molar-refractivity contribution in [3.05, 3.63) is 22.3 Å². The van der Waals surface area contributed by atoms with Crippen LogP contribution in [0.5, 0.6) is 0 Å². The highest BCUT2D eigenvalue weighted by atomic mass is 79.9. The van der Waals surface area contributed by atoms with E-state index < -0.39 is 0 Å². The number of amides is 1. The van der Waals surface area contributed by atoms with Crippen molar-refractivity contribution in [2.45, 2.75) is 52.0 Å². The minimum Gasteiger partial charge on any atom is -0.369 e. The zero-order valence-corrected chi connectivity index (χ0v) is 14.4. The number of hydrogen-bond donors (Lipinski definition) is 1. The summed E-state index contributed by atoms with van der Waals surface area (Å²) in [7, 11) is 0. The van der Waals surface area contributed by atoms with Crippen molar-refractivity contribution < 1.29 is 4.79 Å². The zero-order chi connectivity index (χ0) is 15.2. The van der Waals surface area contributed by atoms with Gasteiger partial charge in [-0.05, 0) is 48.2 Å². The van der Waals surface area contributed by atoms with Crippen LogP contribution in [0.3, 0.4) is 0 Å². The standard InChI is InChI=1S/C16H24BrN3O/c1-3-9-18-15-14(10-12(17)11-19-15)16(21)20(4-2)13-7-5-6-8-13/h10-11,13H,3-9H2,1-2H3,(H,18,19). The number of carbonyl (C=O) groups is 1. The molecular formula is C16H24BrN3O. The molecule has 1 fully saturated rings. The summed E-state index contributed by atoms with van der Waals surface area (Å²) in [6, 6.07) is 2.27. The second kappa shape index (κ2) is 7.78. The van der Waals surface area contributed by atoms with E-state index in [1.807, 2.05) is 11.0 Å². The van der Waals surface area contributed by atoms with Crippen LogP contribution in [-0.2, 0) is 0 Å². The zero-order valence-electron chi connectivity index (χ0n) is 12.9. The Balaban J connectivity index is 2.24. The van der Waals surface area contributed by atoms with Crippen LogP contribution in [0.15, 0.2) is 16.7 Å². The minimum absolute atomic E-state index is 0.0943. The van der Waals surface area contributed by atoms with E-state index in [9.17, 15) is 4.79 Å². The fourth-order valence-corrected chi connectivity index (χ4v) is 3.26. The molecule has 1 amide bonds. The molecule has 2 rings (SSSR count). The van der Waals surface area contributed by atoms with Crippen molar-refractivity contribution in [1.29, 1.82) is 0 Å². The average Bonchev–Trinajstić information content (AvgIpc) is 3.00. The van der Waals surface area contributed by atoms with E-state index in [4.69, 9.17) is 0 Å². The van der Waals surface area contributed by atoms with Gasteiger partial charge in [0.2, 0.25) is 0 Å². The smallest absolute Gasteiger partial charge is 0.257 e. The van der Waals surface area contributed by atoms with Crippen LogP contribution in [0.4, 0.5) is 5.82 Å². The maximum absolute atomic E-state index is 12.9. The van der Waals surface area contributed by atoms with Crippen molar-refractivity contribution in [3.8, 4) is 0 Å². The first-order valence-corrected chi connectivity index (χ1v) is 8.67. The van der Waals surface area contributed by atoms with Gasteiger partial charge < -0.3 is 10.2 Å². The molecule has 1 heterocycles.